The van der Waals surface area contributed by atoms with Crippen molar-refractivity contribution < 1.29 is 14.0 Å². The molecule has 1 aromatic carbocycles. The van der Waals surface area contributed by atoms with Crippen molar-refractivity contribution in [1.82, 2.24) is 5.16 Å². The Hall–Kier alpha value is -1.38. The second-order valence-electron chi connectivity index (χ2n) is 3.44. The summed E-state index contributed by atoms with van der Waals surface area (Å²) in [4.78, 5) is 8.72. The van der Waals surface area contributed by atoms with E-state index in [4.69, 9.17) is 9.42 Å². The SMILES string of the molecule is O=[PH](O)CCc1cc(-c2ccccc2)no1. The first kappa shape index (κ1) is 11.1. The van der Waals surface area contributed by atoms with Crippen molar-refractivity contribution in [2.75, 3.05) is 6.16 Å². The summed E-state index contributed by atoms with van der Waals surface area (Å²) in [6, 6.07) is 11.5. The van der Waals surface area contributed by atoms with Gasteiger partial charge in [0, 0.05) is 24.2 Å². The van der Waals surface area contributed by atoms with Crippen molar-refractivity contribution in [2.45, 2.75) is 6.42 Å². The lowest BCUT2D eigenvalue weighted by molar-refractivity contribution is 0.388. The van der Waals surface area contributed by atoms with Gasteiger partial charge in [0.1, 0.15) is 11.5 Å². The molecule has 2 aromatic rings. The zero-order valence-electron chi connectivity index (χ0n) is 8.59. The average Bonchev–Trinajstić information content (AvgIpc) is 2.76. The molecule has 0 saturated carbocycles. The van der Waals surface area contributed by atoms with Gasteiger partial charge in [-0.25, -0.2) is 0 Å². The van der Waals surface area contributed by atoms with Crippen LogP contribution in [0.3, 0.4) is 0 Å². The molecule has 4 nitrogen and oxygen atoms in total. The van der Waals surface area contributed by atoms with E-state index in [9.17, 15) is 4.57 Å². The van der Waals surface area contributed by atoms with Crippen LogP contribution in [-0.2, 0) is 11.0 Å². The molecule has 1 unspecified atom stereocenters. The van der Waals surface area contributed by atoms with E-state index >= 15 is 0 Å². The maximum Gasteiger partial charge on any atom is 0.189 e. The van der Waals surface area contributed by atoms with Crippen LogP contribution in [0.4, 0.5) is 0 Å². The predicted molar refractivity (Wildman–Crippen MR) is 61.7 cm³/mol. The van der Waals surface area contributed by atoms with Gasteiger partial charge in [0.25, 0.3) is 0 Å². The molecule has 0 saturated heterocycles. The Morgan fingerprint density at radius 3 is 2.75 bits per heavy atom. The van der Waals surface area contributed by atoms with Crippen molar-refractivity contribution in [1.29, 1.82) is 0 Å². The van der Waals surface area contributed by atoms with Gasteiger partial charge >= 0.3 is 0 Å². The lowest BCUT2D eigenvalue weighted by Crippen LogP contribution is -1.84. The molecule has 0 aliphatic rings. The summed E-state index contributed by atoms with van der Waals surface area (Å²) in [5, 5.41) is 3.92. The van der Waals surface area contributed by atoms with Crippen molar-refractivity contribution in [3.05, 3.63) is 42.2 Å². The Kier molecular flexibility index (Phi) is 3.54. The van der Waals surface area contributed by atoms with E-state index in [1.807, 2.05) is 30.3 Å². The smallest absolute Gasteiger partial charge is 0.189 e. The molecular weight excluding hydrogens is 225 g/mol. The largest absolute Gasteiger partial charge is 0.361 e. The molecular formula is C11H12NO3P. The summed E-state index contributed by atoms with van der Waals surface area (Å²) in [6.45, 7) is 0. The third-order valence-electron chi connectivity index (χ3n) is 2.21. The van der Waals surface area contributed by atoms with Gasteiger partial charge in [-0.15, -0.1) is 0 Å². The Balaban J connectivity index is 2.11. The van der Waals surface area contributed by atoms with Crippen LogP contribution in [0.2, 0.25) is 0 Å². The molecule has 5 heteroatoms. The minimum Gasteiger partial charge on any atom is -0.361 e. The van der Waals surface area contributed by atoms with Crippen LogP contribution in [0.25, 0.3) is 11.3 Å². The molecule has 84 valence electrons. The number of rotatable bonds is 4. The van der Waals surface area contributed by atoms with E-state index in [1.165, 1.54) is 0 Å². The van der Waals surface area contributed by atoms with Crippen LogP contribution < -0.4 is 0 Å². The van der Waals surface area contributed by atoms with E-state index < -0.39 is 8.03 Å². The first-order chi connectivity index (χ1) is 7.75. The summed E-state index contributed by atoms with van der Waals surface area (Å²) in [5.41, 5.74) is 1.74. The Morgan fingerprint density at radius 2 is 2.06 bits per heavy atom. The molecule has 0 aliphatic carbocycles. The highest BCUT2D eigenvalue weighted by Crippen LogP contribution is 2.21. The van der Waals surface area contributed by atoms with Gasteiger partial charge in [-0.1, -0.05) is 35.5 Å². The van der Waals surface area contributed by atoms with Crippen molar-refractivity contribution >= 4 is 8.03 Å². The zero-order valence-corrected chi connectivity index (χ0v) is 9.59. The summed E-state index contributed by atoms with van der Waals surface area (Å²) in [5.74, 6) is 0.645. The number of aromatic nitrogens is 1. The van der Waals surface area contributed by atoms with E-state index in [2.05, 4.69) is 5.16 Å². The third kappa shape index (κ3) is 2.81. The van der Waals surface area contributed by atoms with Gasteiger partial charge in [0.15, 0.2) is 8.03 Å². The van der Waals surface area contributed by atoms with Crippen molar-refractivity contribution in [3.63, 3.8) is 0 Å². The highest BCUT2D eigenvalue weighted by Gasteiger charge is 2.06. The molecule has 2 rings (SSSR count). The van der Waals surface area contributed by atoms with Gasteiger partial charge in [0.05, 0.1) is 0 Å². The van der Waals surface area contributed by atoms with Crippen LogP contribution in [0.1, 0.15) is 5.76 Å². The fourth-order valence-corrected chi connectivity index (χ4v) is 1.87. The second kappa shape index (κ2) is 5.10. The Labute approximate surface area is 93.8 Å². The number of hydrogen-bond donors (Lipinski definition) is 1. The molecule has 1 heterocycles. The quantitative estimate of drug-likeness (QED) is 0.829. The van der Waals surface area contributed by atoms with Gasteiger partial charge < -0.3 is 9.42 Å². The van der Waals surface area contributed by atoms with E-state index in [-0.39, 0.29) is 6.16 Å². The third-order valence-corrected chi connectivity index (χ3v) is 2.89. The minimum absolute atomic E-state index is 0.244. The number of benzene rings is 1. The topological polar surface area (TPSA) is 63.3 Å². The second-order valence-corrected chi connectivity index (χ2v) is 4.73. The van der Waals surface area contributed by atoms with Crippen LogP contribution in [-0.4, -0.2) is 16.2 Å². The molecule has 0 radical (unpaired) electrons. The van der Waals surface area contributed by atoms with Crippen molar-refractivity contribution in [2.24, 2.45) is 0 Å². The molecule has 0 fully saturated rings. The summed E-state index contributed by atoms with van der Waals surface area (Å²) >= 11 is 0. The molecule has 16 heavy (non-hydrogen) atoms. The summed E-state index contributed by atoms with van der Waals surface area (Å²) in [6.07, 6.45) is 0.697. The lowest BCUT2D eigenvalue weighted by Gasteiger charge is -1.91. The minimum atomic E-state index is -2.42. The predicted octanol–water partition coefficient (Wildman–Crippen LogP) is 2.35. The highest BCUT2D eigenvalue weighted by molar-refractivity contribution is 7.37. The lowest BCUT2D eigenvalue weighted by atomic mass is 10.1. The normalized spacial score (nSPS) is 12.6. The number of hydrogen-bond acceptors (Lipinski definition) is 3. The highest BCUT2D eigenvalue weighted by atomic mass is 31.1. The van der Waals surface area contributed by atoms with Crippen LogP contribution in [0.15, 0.2) is 40.9 Å². The molecule has 1 aromatic heterocycles. The molecule has 0 aliphatic heterocycles. The maximum absolute atomic E-state index is 10.6. The van der Waals surface area contributed by atoms with E-state index in [1.54, 1.807) is 6.07 Å². The first-order valence-electron chi connectivity index (χ1n) is 4.98. The van der Waals surface area contributed by atoms with Crippen LogP contribution >= 0.6 is 8.03 Å². The number of aryl methyl sites for hydroxylation is 1. The van der Waals surface area contributed by atoms with Crippen molar-refractivity contribution in [3.8, 4) is 11.3 Å². The van der Waals surface area contributed by atoms with Gasteiger partial charge in [0.2, 0.25) is 0 Å². The fourth-order valence-electron chi connectivity index (χ4n) is 1.41. The average molecular weight is 237 g/mol. The molecule has 0 amide bonds. The number of nitrogens with zero attached hydrogens (tertiary/aromatic N) is 1. The standard InChI is InChI=1S/C11H12NO3P/c13-16(14)7-6-10-8-11(12-15-10)9-4-2-1-3-5-9/h1-5,8,16H,6-7H2,(H,13,14). The maximum atomic E-state index is 10.6. The molecule has 1 atom stereocenters. The molecule has 1 N–H and O–H groups in total. The molecule has 0 bridgehead atoms. The van der Waals surface area contributed by atoms with E-state index in [0.29, 0.717) is 12.2 Å². The summed E-state index contributed by atoms with van der Waals surface area (Å²) < 4.78 is 15.7. The first-order valence-corrected chi connectivity index (χ1v) is 6.55. The van der Waals surface area contributed by atoms with Gasteiger partial charge in [-0.2, -0.15) is 0 Å². The fraction of sp³-hybridized carbons (Fsp3) is 0.182. The summed E-state index contributed by atoms with van der Waals surface area (Å²) in [7, 11) is -2.42. The zero-order chi connectivity index (χ0) is 11.4. The Morgan fingerprint density at radius 1 is 1.31 bits per heavy atom. The Bertz CT molecular complexity index is 481. The van der Waals surface area contributed by atoms with Gasteiger partial charge in [-0.05, 0) is 0 Å². The molecule has 0 spiro atoms. The van der Waals surface area contributed by atoms with Gasteiger partial charge in [-0.3, -0.25) is 4.57 Å². The van der Waals surface area contributed by atoms with Crippen LogP contribution in [0, 0.1) is 0 Å². The van der Waals surface area contributed by atoms with Crippen LogP contribution in [0.5, 0.6) is 0 Å². The van der Waals surface area contributed by atoms with E-state index in [0.717, 1.165) is 11.3 Å². The monoisotopic (exact) mass is 237 g/mol.